The molecule has 0 aliphatic heterocycles. The molecule has 0 saturated carbocycles. The Kier molecular flexibility index (Phi) is 10.5. The quantitative estimate of drug-likeness (QED) is 0.390. The number of carbonyl (C=O) groups is 2. The smallest absolute Gasteiger partial charge is 0.293 e. The Morgan fingerprint density at radius 2 is 1.93 bits per heavy atom. The third kappa shape index (κ3) is 11.0. The Hall–Kier alpha value is -0.900. The van der Waals surface area contributed by atoms with Crippen molar-refractivity contribution in [2.45, 2.75) is 39.0 Å². The van der Waals surface area contributed by atoms with E-state index in [1.165, 1.54) is 0 Å². The lowest BCUT2D eigenvalue weighted by Crippen LogP contribution is -2.08. The minimum atomic E-state index is 0.250. The first-order chi connectivity index (χ1) is 7.31. The number of ether oxygens (including phenoxy) is 2. The van der Waals surface area contributed by atoms with Crippen molar-refractivity contribution in [3.8, 4) is 0 Å². The van der Waals surface area contributed by atoms with Crippen LogP contribution in [0.25, 0.3) is 0 Å². The van der Waals surface area contributed by atoms with E-state index in [9.17, 15) is 9.59 Å². The first-order valence-corrected chi connectivity index (χ1v) is 5.46. The van der Waals surface area contributed by atoms with Crippen molar-refractivity contribution in [1.82, 2.24) is 0 Å². The molecule has 0 amide bonds. The van der Waals surface area contributed by atoms with E-state index in [0.29, 0.717) is 32.5 Å². The van der Waals surface area contributed by atoms with Crippen molar-refractivity contribution < 1.29 is 19.1 Å². The normalized spacial score (nSPS) is 9.93. The number of rotatable bonds is 11. The van der Waals surface area contributed by atoms with Crippen LogP contribution in [0.15, 0.2) is 0 Å². The van der Waals surface area contributed by atoms with Gasteiger partial charge < -0.3 is 9.47 Å². The molecule has 15 heavy (non-hydrogen) atoms. The number of ketones is 1. The van der Waals surface area contributed by atoms with Gasteiger partial charge in [-0.25, -0.2) is 0 Å². The van der Waals surface area contributed by atoms with Gasteiger partial charge in [-0.3, -0.25) is 9.59 Å². The topological polar surface area (TPSA) is 52.6 Å². The fourth-order valence-corrected chi connectivity index (χ4v) is 1.14. The Labute approximate surface area is 90.9 Å². The third-order valence-corrected chi connectivity index (χ3v) is 2.00. The van der Waals surface area contributed by atoms with Crippen LogP contribution in [0.5, 0.6) is 0 Å². The second-order valence-corrected chi connectivity index (χ2v) is 3.33. The molecule has 0 aromatic rings. The summed E-state index contributed by atoms with van der Waals surface area (Å²) in [7, 11) is 0. The molecule has 0 saturated heterocycles. The summed E-state index contributed by atoms with van der Waals surface area (Å²) < 4.78 is 9.54. The van der Waals surface area contributed by atoms with Gasteiger partial charge in [0.15, 0.2) is 0 Å². The van der Waals surface area contributed by atoms with Gasteiger partial charge in [-0.2, -0.15) is 0 Å². The molecule has 0 unspecified atom stereocenters. The summed E-state index contributed by atoms with van der Waals surface area (Å²) in [6.45, 7) is 3.54. The van der Waals surface area contributed by atoms with E-state index in [1.807, 2.05) is 0 Å². The van der Waals surface area contributed by atoms with Crippen molar-refractivity contribution in [3.05, 3.63) is 0 Å². The largest absolute Gasteiger partial charge is 0.465 e. The van der Waals surface area contributed by atoms with Crippen LogP contribution in [0.2, 0.25) is 0 Å². The molecule has 0 spiro atoms. The zero-order valence-corrected chi connectivity index (χ0v) is 9.37. The monoisotopic (exact) mass is 216 g/mol. The molecule has 0 radical (unpaired) electrons. The molecule has 0 bridgehead atoms. The minimum Gasteiger partial charge on any atom is -0.465 e. The summed E-state index contributed by atoms with van der Waals surface area (Å²) in [5.74, 6) is 0.250. The molecule has 4 heteroatoms. The van der Waals surface area contributed by atoms with Gasteiger partial charge in [0, 0.05) is 12.8 Å². The van der Waals surface area contributed by atoms with E-state index in [1.54, 1.807) is 0 Å². The van der Waals surface area contributed by atoms with Crippen LogP contribution in [0.3, 0.4) is 0 Å². The first-order valence-electron chi connectivity index (χ1n) is 5.46. The molecule has 4 nitrogen and oxygen atoms in total. The molecule has 0 fully saturated rings. The van der Waals surface area contributed by atoms with Gasteiger partial charge >= 0.3 is 0 Å². The Balaban J connectivity index is 3.13. The van der Waals surface area contributed by atoms with E-state index in [2.05, 4.69) is 11.7 Å². The maximum atomic E-state index is 11.2. The Morgan fingerprint density at radius 3 is 2.60 bits per heavy atom. The zero-order chi connectivity index (χ0) is 11.4. The number of hydrogen-bond acceptors (Lipinski definition) is 4. The van der Waals surface area contributed by atoms with Crippen LogP contribution in [-0.2, 0) is 19.1 Å². The molecule has 0 atom stereocenters. The van der Waals surface area contributed by atoms with Crippen molar-refractivity contribution in [1.29, 1.82) is 0 Å². The summed E-state index contributed by atoms with van der Waals surface area (Å²) in [5, 5.41) is 0. The van der Waals surface area contributed by atoms with E-state index in [-0.39, 0.29) is 12.4 Å². The van der Waals surface area contributed by atoms with Crippen LogP contribution in [0, 0.1) is 0 Å². The molecule has 88 valence electrons. The lowest BCUT2D eigenvalue weighted by atomic mass is 10.1. The average molecular weight is 216 g/mol. The van der Waals surface area contributed by atoms with Crippen LogP contribution < -0.4 is 0 Å². The standard InChI is InChI=1S/C11H20O4/c1-2-3-4-5-11(13)6-7-14-8-9-15-10-12/h10H,2-9H2,1H3. The number of carbonyl (C=O) groups excluding carboxylic acids is 2. The predicted octanol–water partition coefficient (Wildman–Crippen LogP) is 1.72. The van der Waals surface area contributed by atoms with E-state index < -0.39 is 0 Å². The van der Waals surface area contributed by atoms with E-state index in [4.69, 9.17) is 4.74 Å². The average Bonchev–Trinajstić information content (AvgIpc) is 2.23. The summed E-state index contributed by atoms with van der Waals surface area (Å²) >= 11 is 0. The summed E-state index contributed by atoms with van der Waals surface area (Å²) in [6, 6.07) is 0. The molecule has 0 aliphatic rings. The Bertz CT molecular complexity index is 168. The van der Waals surface area contributed by atoms with Crippen LogP contribution in [-0.4, -0.2) is 32.1 Å². The molecular weight excluding hydrogens is 196 g/mol. The highest BCUT2D eigenvalue weighted by molar-refractivity contribution is 5.78. The summed E-state index contributed by atoms with van der Waals surface area (Å²) in [4.78, 5) is 21.0. The fraction of sp³-hybridized carbons (Fsp3) is 0.818. The second-order valence-electron chi connectivity index (χ2n) is 3.33. The van der Waals surface area contributed by atoms with Crippen LogP contribution in [0.1, 0.15) is 39.0 Å². The highest BCUT2D eigenvalue weighted by atomic mass is 16.5. The van der Waals surface area contributed by atoms with Crippen LogP contribution in [0.4, 0.5) is 0 Å². The number of unbranched alkanes of at least 4 members (excludes halogenated alkanes) is 2. The molecule has 0 aromatic carbocycles. The van der Waals surface area contributed by atoms with Crippen molar-refractivity contribution in [2.24, 2.45) is 0 Å². The molecule has 0 N–H and O–H groups in total. The fourth-order valence-electron chi connectivity index (χ4n) is 1.14. The molecule has 0 heterocycles. The van der Waals surface area contributed by atoms with Gasteiger partial charge in [-0.15, -0.1) is 0 Å². The van der Waals surface area contributed by atoms with Gasteiger partial charge in [0.1, 0.15) is 12.4 Å². The van der Waals surface area contributed by atoms with Crippen molar-refractivity contribution in [3.63, 3.8) is 0 Å². The maximum absolute atomic E-state index is 11.2. The van der Waals surface area contributed by atoms with Gasteiger partial charge in [0.05, 0.1) is 13.2 Å². The van der Waals surface area contributed by atoms with Gasteiger partial charge in [0.2, 0.25) is 0 Å². The predicted molar refractivity (Wildman–Crippen MR) is 56.6 cm³/mol. The van der Waals surface area contributed by atoms with Gasteiger partial charge in [-0.1, -0.05) is 19.8 Å². The number of Topliss-reactive ketones (excluding diaryl/α,β-unsaturated/α-hetero) is 1. The maximum Gasteiger partial charge on any atom is 0.293 e. The minimum absolute atomic E-state index is 0.250. The highest BCUT2D eigenvalue weighted by Crippen LogP contribution is 2.01. The van der Waals surface area contributed by atoms with E-state index >= 15 is 0 Å². The summed E-state index contributed by atoms with van der Waals surface area (Å²) in [5.41, 5.74) is 0. The zero-order valence-electron chi connectivity index (χ0n) is 9.37. The molecule has 0 aromatic heterocycles. The summed E-state index contributed by atoms with van der Waals surface area (Å²) in [6.07, 6.45) is 4.34. The molecule has 0 aliphatic carbocycles. The van der Waals surface area contributed by atoms with Crippen LogP contribution >= 0.6 is 0 Å². The van der Waals surface area contributed by atoms with Gasteiger partial charge in [-0.05, 0) is 6.42 Å². The highest BCUT2D eigenvalue weighted by Gasteiger charge is 2.01. The van der Waals surface area contributed by atoms with E-state index in [0.717, 1.165) is 19.3 Å². The molecule has 0 rings (SSSR count). The Morgan fingerprint density at radius 1 is 1.13 bits per heavy atom. The van der Waals surface area contributed by atoms with Crippen molar-refractivity contribution in [2.75, 3.05) is 19.8 Å². The lowest BCUT2D eigenvalue weighted by molar-refractivity contribution is -0.130. The number of hydrogen-bond donors (Lipinski definition) is 0. The SMILES string of the molecule is CCCCCC(=O)CCOCCOC=O. The second kappa shape index (κ2) is 11.2. The van der Waals surface area contributed by atoms with Gasteiger partial charge in [0.25, 0.3) is 6.47 Å². The van der Waals surface area contributed by atoms with Crippen molar-refractivity contribution >= 4 is 12.3 Å². The first kappa shape index (κ1) is 14.1. The lowest BCUT2D eigenvalue weighted by Gasteiger charge is -2.02. The molecular formula is C11H20O4. The third-order valence-electron chi connectivity index (χ3n) is 2.00.